The van der Waals surface area contributed by atoms with Gasteiger partial charge < -0.3 is 53.8 Å². The summed E-state index contributed by atoms with van der Waals surface area (Å²) in [5.41, 5.74) is 0.147. The molecule has 3 aromatic carbocycles. The van der Waals surface area contributed by atoms with Gasteiger partial charge in [0.25, 0.3) is 21.6 Å². The van der Waals surface area contributed by atoms with Crippen LogP contribution in [0.4, 0.5) is 5.69 Å². The molecule has 1 saturated heterocycles. The van der Waals surface area contributed by atoms with Crippen molar-refractivity contribution in [1.29, 1.82) is 0 Å². The second kappa shape index (κ2) is 25.1. The Hall–Kier alpha value is -6.08. The predicted molar refractivity (Wildman–Crippen MR) is 314 cm³/mol. The molecule has 1 aromatic heterocycles. The van der Waals surface area contributed by atoms with Crippen LogP contribution in [0.25, 0.3) is 22.8 Å². The summed E-state index contributed by atoms with van der Waals surface area (Å²) in [7, 11) is -24.9. The molecule has 87 heavy (non-hydrogen) atoms. The number of likely N-dealkylation sites (N-methyl/N-ethyl adjacent to an activating group) is 2. The number of nitrogens with one attached hydrogen (secondary N) is 2. The molecule has 4 aliphatic rings. The predicted octanol–water partition coefficient (Wildman–Crippen LogP) is 2.68. The van der Waals surface area contributed by atoms with Gasteiger partial charge in [-0.3, -0.25) is 33.0 Å². The minimum Gasteiger partial charge on any atom is -0.748 e. The largest absolute Gasteiger partial charge is 0.748 e. The van der Waals surface area contributed by atoms with E-state index < -0.39 is 114 Å². The van der Waals surface area contributed by atoms with Gasteiger partial charge in [-0.25, -0.2) is 31.5 Å². The van der Waals surface area contributed by atoms with E-state index >= 15 is 0 Å². The molecule has 0 saturated carbocycles. The summed E-state index contributed by atoms with van der Waals surface area (Å²) < 4.78 is 135. The molecule has 0 bridgehead atoms. The highest BCUT2D eigenvalue weighted by atomic mass is 32.2. The van der Waals surface area contributed by atoms with Gasteiger partial charge in [-0.2, -0.15) is 17.0 Å². The first-order chi connectivity index (χ1) is 40.3. The van der Waals surface area contributed by atoms with E-state index in [9.17, 15) is 73.7 Å². The minimum atomic E-state index is -5.83. The quantitative estimate of drug-likeness (QED) is 0.0265. The third-order valence-electron chi connectivity index (χ3n) is 14.7. The number of H-pyrrole nitrogens is 1. The number of aromatic nitrogens is 2. The molecular weight excluding hydrogens is 1250 g/mol. The van der Waals surface area contributed by atoms with Gasteiger partial charge in [-0.05, 0) is 75.1 Å². The van der Waals surface area contributed by atoms with Crippen LogP contribution in [0.5, 0.6) is 11.5 Å². The molecule has 2 unspecified atom stereocenters. The fraction of sp³-hybridized carbons (Fsp3) is 0.415. The van der Waals surface area contributed by atoms with Crippen molar-refractivity contribution >= 4 is 84.0 Å². The highest BCUT2D eigenvalue weighted by Gasteiger charge is 2.44. The zero-order chi connectivity index (χ0) is 64.1. The zero-order valence-corrected chi connectivity index (χ0v) is 52.2. The number of aliphatic hydroxyl groups is 1. The standard InChI is InChI=1S/C53H65N6O23P3S2/c1-8-58-40-22-43-38(20-36(40)32(25-52(58,3)4)29-86(72,73)74)48(39-21-37-33(30-87(75,76)77)26-53(5,6)59(9-2)41(37)23-44(39)79-43)34-15-10-11-16-35(34)50(63)56(7)19-13-17-46(61)54-18-12-14-31-27-57(51(64)55-49(31)62)47-24-42(60)45(80-47)28-78-84(68,69)82-85(70,71)81-83(65,66)67/h10-12,14-16,20-23,25-27,42,45,47,60H,8-9,13,17-19,24,28-30H2,1-7H3,(H7-,54,55,61,62,64,65,66,67,68,69,70,71,72,73,74,75,76,77)/b14-12+/t42-,45+,47+/m0/s1. The number of aliphatic hydroxyl groups excluding tert-OH is 1. The van der Waals surface area contributed by atoms with Gasteiger partial charge in [0.2, 0.25) is 11.3 Å². The number of ether oxygens (including phenoxy) is 2. The fourth-order valence-electron chi connectivity index (χ4n) is 11.2. The van der Waals surface area contributed by atoms with Crippen LogP contribution in [0.15, 0.2) is 82.5 Å². The van der Waals surface area contributed by atoms with Gasteiger partial charge >= 0.3 is 29.2 Å². The summed E-state index contributed by atoms with van der Waals surface area (Å²) in [4.78, 5) is 95.7. The van der Waals surface area contributed by atoms with Gasteiger partial charge in [-0.15, -0.1) is 0 Å². The first-order valence-electron chi connectivity index (χ1n) is 26.8. The number of rotatable bonds is 23. The Labute approximate surface area is 498 Å². The van der Waals surface area contributed by atoms with Crippen LogP contribution in [0.3, 0.4) is 0 Å². The molecule has 8 rings (SSSR count). The van der Waals surface area contributed by atoms with Crippen molar-refractivity contribution in [1.82, 2.24) is 24.3 Å². The number of fused-ring (bicyclic) bond motifs is 4. The molecule has 5 atom stereocenters. The van der Waals surface area contributed by atoms with E-state index in [1.54, 1.807) is 67.7 Å². The summed E-state index contributed by atoms with van der Waals surface area (Å²) in [6.07, 6.45) is 2.73. The van der Waals surface area contributed by atoms with Crippen molar-refractivity contribution in [3.8, 4) is 11.5 Å². The second-order valence-electron chi connectivity index (χ2n) is 21.9. The summed E-state index contributed by atoms with van der Waals surface area (Å²) in [5, 5.41) is 14.3. The maximum atomic E-state index is 14.8. The van der Waals surface area contributed by atoms with E-state index in [1.165, 1.54) is 17.1 Å². The molecule has 0 radical (unpaired) electrons. The van der Waals surface area contributed by atoms with Crippen molar-refractivity contribution in [2.24, 2.45) is 0 Å². The van der Waals surface area contributed by atoms with E-state index in [4.69, 9.17) is 19.3 Å². The molecule has 5 heterocycles. The number of hydrogen-bond acceptors (Lipinski definition) is 19. The maximum absolute atomic E-state index is 14.8. The molecule has 4 aliphatic heterocycles. The van der Waals surface area contributed by atoms with E-state index in [2.05, 4.69) is 28.0 Å². The van der Waals surface area contributed by atoms with Gasteiger partial charge in [0.1, 0.15) is 36.1 Å². The van der Waals surface area contributed by atoms with Gasteiger partial charge in [0.05, 0.1) is 51.3 Å². The van der Waals surface area contributed by atoms with Gasteiger partial charge in [0.15, 0.2) is 5.54 Å². The number of benzene rings is 3. The monoisotopic (exact) mass is 1310 g/mol. The van der Waals surface area contributed by atoms with Crippen molar-refractivity contribution in [3.05, 3.63) is 138 Å². The molecule has 34 heteroatoms. The number of aromatic amines is 1. The van der Waals surface area contributed by atoms with E-state index in [0.717, 1.165) is 10.8 Å². The average molecular weight is 1310 g/mol. The summed E-state index contributed by atoms with van der Waals surface area (Å²) >= 11 is 0. The van der Waals surface area contributed by atoms with Crippen LogP contribution >= 0.6 is 23.5 Å². The fourth-order valence-corrected chi connectivity index (χ4v) is 15.5. The van der Waals surface area contributed by atoms with Crippen LogP contribution in [0, 0.1) is 0 Å². The minimum absolute atomic E-state index is 0.0691. The lowest BCUT2D eigenvalue weighted by Crippen LogP contribution is -2.50. The molecule has 2 amide bonds. The summed E-state index contributed by atoms with van der Waals surface area (Å²) in [6, 6.07) is 13.8. The van der Waals surface area contributed by atoms with Crippen molar-refractivity contribution < 1.29 is 96.5 Å². The number of carbonyl (C=O) groups is 2. The molecule has 1 fully saturated rings. The molecule has 0 spiro atoms. The van der Waals surface area contributed by atoms with Gasteiger partial charge in [0, 0.05) is 98.8 Å². The van der Waals surface area contributed by atoms with Crippen LogP contribution in [-0.2, 0) is 56.6 Å². The van der Waals surface area contributed by atoms with Crippen molar-refractivity contribution in [2.75, 3.05) is 56.2 Å². The number of phosphoric acid groups is 3. The third kappa shape index (κ3) is 15.7. The molecule has 29 nitrogen and oxygen atoms in total. The summed E-state index contributed by atoms with van der Waals surface area (Å²) in [6.45, 7) is 11.4. The van der Waals surface area contributed by atoms with Crippen molar-refractivity contribution in [3.63, 3.8) is 0 Å². The van der Waals surface area contributed by atoms with E-state index in [0.29, 0.717) is 74.3 Å². The summed E-state index contributed by atoms with van der Waals surface area (Å²) in [5.74, 6) is -1.75. The number of hydrogen-bond donors (Lipinski definition) is 8. The Bertz CT molecular complexity index is 4210. The number of amides is 2. The molecule has 4 aromatic rings. The Morgan fingerprint density at radius 1 is 0.920 bits per heavy atom. The topological polar surface area (TPSA) is 421 Å². The first kappa shape index (κ1) is 66.9. The second-order valence-corrected chi connectivity index (χ2v) is 29.2. The van der Waals surface area contributed by atoms with Gasteiger partial charge in [-0.1, -0.05) is 36.4 Å². The first-order valence-corrected chi connectivity index (χ1v) is 34.6. The third-order valence-corrected chi connectivity index (χ3v) is 19.8. The van der Waals surface area contributed by atoms with E-state index in [-0.39, 0.29) is 49.1 Å². The normalized spacial score (nSPS) is 20.3. The number of nitrogens with zero attached hydrogens (tertiary/aromatic N) is 4. The highest BCUT2D eigenvalue weighted by molar-refractivity contribution is 7.86. The maximum Gasteiger partial charge on any atom is 0.490 e. The molecule has 0 aliphatic carbocycles. The van der Waals surface area contributed by atoms with Crippen LogP contribution in [-0.4, -0.2) is 152 Å². The molecule has 472 valence electrons. The lowest BCUT2D eigenvalue weighted by Gasteiger charge is -2.44. The Kier molecular flexibility index (Phi) is 19.3. The SMILES string of the molecule is CCN1c2cc3c(cc2C(CS(=O)(=O)[O-])=CC1(C)C)C(c1ccccc1C(=O)N(C)CCCC(=O)NC/C=C/c1cn([C@H]2C[C@H](O)[C@@H](COP(=O)(O)OP(=O)(O)OP(=O)(O)O)O2)c(=O)[nH]c1=O)=c1cc2c(cc1O3)=[N+](CC)C(C)(C)C=C2CS(=O)(=O)O. The average Bonchev–Trinajstić information content (AvgIpc) is 1.15. The lowest BCUT2D eigenvalue weighted by atomic mass is 9.83. The Balaban J connectivity index is 1.01. The highest BCUT2D eigenvalue weighted by Crippen LogP contribution is 2.66. The number of phosphoric ester groups is 1. The Morgan fingerprint density at radius 2 is 1.61 bits per heavy atom. The number of carbonyl (C=O) groups excluding carboxylic acids is 2. The lowest BCUT2D eigenvalue weighted by molar-refractivity contribution is -0.121. The Morgan fingerprint density at radius 3 is 2.26 bits per heavy atom. The molecular formula is C53H65N6O23P3S2. The van der Waals surface area contributed by atoms with Crippen LogP contribution < -0.4 is 41.4 Å². The molecule has 8 N–H and O–H groups in total. The van der Waals surface area contributed by atoms with Crippen molar-refractivity contribution in [2.45, 2.75) is 90.3 Å². The smallest absolute Gasteiger partial charge is 0.490 e. The van der Waals surface area contributed by atoms with E-state index in [1.807, 2.05) is 46.4 Å². The van der Waals surface area contributed by atoms with Crippen LogP contribution in [0.1, 0.15) is 105 Å². The van der Waals surface area contributed by atoms with Crippen LogP contribution in [0.2, 0.25) is 0 Å². The number of anilines is 1. The zero-order valence-electron chi connectivity index (χ0n) is 47.9.